The zero-order valence-electron chi connectivity index (χ0n) is 18.6. The van der Waals surface area contributed by atoms with E-state index >= 15 is 0 Å². The molecule has 4 rings (SSSR count). The van der Waals surface area contributed by atoms with Gasteiger partial charge in [0.15, 0.2) is 0 Å². The van der Waals surface area contributed by atoms with Crippen LogP contribution in [0.3, 0.4) is 0 Å². The molecule has 1 aromatic carbocycles. The first-order chi connectivity index (χ1) is 16.1. The van der Waals surface area contributed by atoms with Gasteiger partial charge in [0, 0.05) is 49.4 Å². The third kappa shape index (κ3) is 5.92. The van der Waals surface area contributed by atoms with E-state index in [0.717, 1.165) is 24.7 Å². The molecule has 1 amide bonds. The van der Waals surface area contributed by atoms with Gasteiger partial charge < -0.3 is 19.8 Å². The molecular weight excluding hydrogens is 422 g/mol. The second kappa shape index (κ2) is 11.0. The molecule has 9 heteroatoms. The predicted molar refractivity (Wildman–Crippen MR) is 122 cm³/mol. The maximum atomic E-state index is 12.6. The molecular formula is C24H29N5O4. The van der Waals surface area contributed by atoms with Crippen molar-refractivity contribution in [3.8, 4) is 11.5 Å². The summed E-state index contributed by atoms with van der Waals surface area (Å²) in [7, 11) is 0. The number of aldehydes is 1. The van der Waals surface area contributed by atoms with Crippen molar-refractivity contribution in [2.75, 3.05) is 26.3 Å². The summed E-state index contributed by atoms with van der Waals surface area (Å²) in [4.78, 5) is 30.0. The number of hydrogen-bond donors (Lipinski definition) is 1. The number of piperidine rings is 1. The summed E-state index contributed by atoms with van der Waals surface area (Å²) in [6.45, 7) is 2.16. The number of nitrogens with two attached hydrogens (primary N) is 1. The van der Waals surface area contributed by atoms with E-state index in [4.69, 9.17) is 14.9 Å². The summed E-state index contributed by atoms with van der Waals surface area (Å²) < 4.78 is 11.1. The number of aliphatic imine (C=N–C) groups is 1. The molecule has 2 N–H and O–H groups in total. The van der Waals surface area contributed by atoms with Crippen LogP contribution in [0.2, 0.25) is 0 Å². The monoisotopic (exact) mass is 451 g/mol. The van der Waals surface area contributed by atoms with Crippen molar-refractivity contribution in [3.05, 3.63) is 47.5 Å². The summed E-state index contributed by atoms with van der Waals surface area (Å²) in [5.41, 5.74) is 8.16. The van der Waals surface area contributed by atoms with Gasteiger partial charge in [-0.2, -0.15) is 0 Å². The molecule has 33 heavy (non-hydrogen) atoms. The van der Waals surface area contributed by atoms with Gasteiger partial charge in [-0.05, 0) is 31.4 Å². The lowest BCUT2D eigenvalue weighted by atomic mass is 9.96. The van der Waals surface area contributed by atoms with Crippen molar-refractivity contribution in [3.63, 3.8) is 0 Å². The number of amidine groups is 1. The Bertz CT molecular complexity index is 1020. The van der Waals surface area contributed by atoms with Crippen LogP contribution in [-0.4, -0.2) is 59.4 Å². The van der Waals surface area contributed by atoms with Crippen LogP contribution in [0.1, 0.15) is 50.3 Å². The fraction of sp³-hybridized carbons (Fsp3) is 0.458. The molecule has 0 unspecified atom stereocenters. The number of carbonyl (C=O) groups excluding carboxylic acids is 2. The normalized spacial score (nSPS) is 17.9. The number of hydrogen-bond acceptors (Lipinski definition) is 7. The van der Waals surface area contributed by atoms with E-state index in [1.807, 2.05) is 35.2 Å². The Morgan fingerprint density at radius 1 is 1.18 bits per heavy atom. The molecule has 1 aromatic heterocycles. The minimum absolute atomic E-state index is 0.121. The van der Waals surface area contributed by atoms with E-state index in [-0.39, 0.29) is 18.4 Å². The Hall–Kier alpha value is -3.33. The Labute approximate surface area is 192 Å². The molecule has 0 aliphatic carbocycles. The first kappa shape index (κ1) is 22.8. The van der Waals surface area contributed by atoms with Crippen molar-refractivity contribution < 1.29 is 18.7 Å². The van der Waals surface area contributed by atoms with Crippen LogP contribution in [0, 0.1) is 0 Å². The number of benzene rings is 1. The smallest absolute Gasteiger partial charge is 0.247 e. The lowest BCUT2D eigenvalue weighted by Crippen LogP contribution is -2.38. The molecule has 2 aromatic rings. The lowest BCUT2D eigenvalue weighted by Gasteiger charge is -2.30. The van der Waals surface area contributed by atoms with E-state index in [1.165, 1.54) is 0 Å². The standard InChI is InChI=1S/C24H29N5O4/c25-21(26-20-11-14-32-16-19(20)15-30)7-4-8-22(31)29-12-9-18(10-13-29)24-28-27-23(33-24)17-5-2-1-3-6-17/h1-3,5-6,15,18H,4,7-14,16H2,(H2,25,26). The average molecular weight is 452 g/mol. The second-order valence-electron chi connectivity index (χ2n) is 8.32. The van der Waals surface area contributed by atoms with Gasteiger partial charge >= 0.3 is 0 Å². The molecule has 2 aliphatic rings. The Balaban J connectivity index is 1.22. The summed E-state index contributed by atoms with van der Waals surface area (Å²) in [5, 5.41) is 8.41. The van der Waals surface area contributed by atoms with Gasteiger partial charge in [0.2, 0.25) is 17.7 Å². The average Bonchev–Trinajstić information content (AvgIpc) is 3.35. The zero-order chi connectivity index (χ0) is 23.0. The highest BCUT2D eigenvalue weighted by Gasteiger charge is 2.27. The number of amides is 1. The third-order valence-electron chi connectivity index (χ3n) is 6.01. The van der Waals surface area contributed by atoms with Crippen molar-refractivity contribution in [1.29, 1.82) is 0 Å². The molecule has 3 heterocycles. The van der Waals surface area contributed by atoms with Crippen LogP contribution >= 0.6 is 0 Å². The number of likely N-dealkylation sites (tertiary alicyclic amines) is 1. The molecule has 0 bridgehead atoms. The van der Waals surface area contributed by atoms with Crippen molar-refractivity contribution in [2.45, 2.75) is 44.4 Å². The van der Waals surface area contributed by atoms with Crippen LogP contribution < -0.4 is 5.73 Å². The van der Waals surface area contributed by atoms with E-state index in [9.17, 15) is 9.59 Å². The topological polar surface area (TPSA) is 124 Å². The summed E-state index contributed by atoms with van der Waals surface area (Å²) in [6, 6.07) is 9.71. The number of rotatable bonds is 8. The Morgan fingerprint density at radius 2 is 1.97 bits per heavy atom. The van der Waals surface area contributed by atoms with Gasteiger partial charge in [0.1, 0.15) is 6.29 Å². The number of nitrogens with zero attached hydrogens (tertiary/aromatic N) is 4. The minimum atomic E-state index is 0.121. The maximum Gasteiger partial charge on any atom is 0.247 e. The maximum absolute atomic E-state index is 12.6. The highest BCUT2D eigenvalue weighted by Crippen LogP contribution is 2.29. The number of aromatic nitrogens is 2. The van der Waals surface area contributed by atoms with E-state index < -0.39 is 0 Å². The third-order valence-corrected chi connectivity index (χ3v) is 6.01. The van der Waals surface area contributed by atoms with Gasteiger partial charge in [0.25, 0.3) is 0 Å². The molecule has 1 saturated heterocycles. The summed E-state index contributed by atoms with van der Waals surface area (Å²) in [6.07, 6.45) is 4.52. The van der Waals surface area contributed by atoms with Crippen molar-refractivity contribution in [1.82, 2.24) is 15.1 Å². The fourth-order valence-corrected chi connectivity index (χ4v) is 4.11. The largest absolute Gasteiger partial charge is 0.420 e. The van der Waals surface area contributed by atoms with Crippen LogP contribution in [0.4, 0.5) is 0 Å². The quantitative estimate of drug-likeness (QED) is 0.372. The van der Waals surface area contributed by atoms with Gasteiger partial charge in [0.05, 0.1) is 24.7 Å². The molecule has 9 nitrogen and oxygen atoms in total. The highest BCUT2D eigenvalue weighted by molar-refractivity contribution is 5.84. The summed E-state index contributed by atoms with van der Waals surface area (Å²) >= 11 is 0. The number of ether oxygens (including phenoxy) is 1. The molecule has 2 aliphatic heterocycles. The van der Waals surface area contributed by atoms with Crippen LogP contribution in [0.15, 0.2) is 51.0 Å². The minimum Gasteiger partial charge on any atom is -0.420 e. The molecule has 0 atom stereocenters. The van der Waals surface area contributed by atoms with Gasteiger partial charge in [-0.1, -0.05) is 18.2 Å². The van der Waals surface area contributed by atoms with Gasteiger partial charge in [-0.15, -0.1) is 10.2 Å². The zero-order valence-corrected chi connectivity index (χ0v) is 18.6. The number of carbonyl (C=O) groups is 2. The van der Waals surface area contributed by atoms with E-state index in [2.05, 4.69) is 15.2 Å². The molecule has 0 saturated carbocycles. The van der Waals surface area contributed by atoms with Gasteiger partial charge in [-0.3, -0.25) is 9.59 Å². The van der Waals surface area contributed by atoms with E-state index in [0.29, 0.717) is 74.3 Å². The van der Waals surface area contributed by atoms with Crippen molar-refractivity contribution >= 4 is 18.0 Å². The Kier molecular flexibility index (Phi) is 7.62. The first-order valence-electron chi connectivity index (χ1n) is 11.4. The predicted octanol–water partition coefficient (Wildman–Crippen LogP) is 2.84. The molecule has 1 fully saturated rings. The van der Waals surface area contributed by atoms with Crippen LogP contribution in [0.5, 0.6) is 0 Å². The van der Waals surface area contributed by atoms with Crippen LogP contribution in [0.25, 0.3) is 11.5 Å². The lowest BCUT2D eigenvalue weighted by molar-refractivity contribution is -0.132. The summed E-state index contributed by atoms with van der Waals surface area (Å²) in [5.74, 6) is 1.91. The molecule has 0 spiro atoms. The molecule has 174 valence electrons. The first-order valence-corrected chi connectivity index (χ1v) is 11.4. The van der Waals surface area contributed by atoms with E-state index in [1.54, 1.807) is 0 Å². The van der Waals surface area contributed by atoms with Crippen molar-refractivity contribution in [2.24, 2.45) is 10.7 Å². The SMILES string of the molecule is N/C(CCCC(=O)N1CCC(c2nnc(-c3ccccc3)o2)CC1)=N\C1=C(C=O)COCC1. The van der Waals surface area contributed by atoms with Crippen LogP contribution in [-0.2, 0) is 14.3 Å². The second-order valence-corrected chi connectivity index (χ2v) is 8.32. The highest BCUT2D eigenvalue weighted by atomic mass is 16.5. The molecule has 0 radical (unpaired) electrons. The Morgan fingerprint density at radius 3 is 2.73 bits per heavy atom. The fourth-order valence-electron chi connectivity index (χ4n) is 4.11. The van der Waals surface area contributed by atoms with Gasteiger partial charge in [-0.25, -0.2) is 4.99 Å².